The molecule has 2 amide bonds. The van der Waals surface area contributed by atoms with Gasteiger partial charge >= 0.3 is 0 Å². The van der Waals surface area contributed by atoms with E-state index in [-0.39, 0.29) is 23.0 Å². The monoisotopic (exact) mass is 465 g/mol. The van der Waals surface area contributed by atoms with Crippen molar-refractivity contribution in [2.75, 3.05) is 20.1 Å². The van der Waals surface area contributed by atoms with Crippen LogP contribution in [0, 0.1) is 22.9 Å². The van der Waals surface area contributed by atoms with Crippen LogP contribution >= 0.6 is 0 Å². The topological polar surface area (TPSA) is 79.3 Å². The predicted molar refractivity (Wildman–Crippen MR) is 118 cm³/mol. The summed E-state index contributed by atoms with van der Waals surface area (Å²) in [6.07, 6.45) is 0.708. The molecule has 0 radical (unpaired) electrons. The Morgan fingerprint density at radius 2 is 1.79 bits per heavy atom. The standard InChI is InChI=1S/C23H30F3N5O2/c1-6-30-8-7-9-31-17(12-30)18(21(32)29-19(22(33)27-5)23(2,3)4)28-20(31)13-10-15(25)16(26)11-14(13)24/h10-11,19H,6-9,12H2,1-5H3,(H,27,33)(H,29,32). The minimum Gasteiger partial charge on any atom is -0.357 e. The van der Waals surface area contributed by atoms with Crippen molar-refractivity contribution in [1.29, 1.82) is 0 Å². The fourth-order valence-electron chi connectivity index (χ4n) is 4.00. The molecular formula is C23H30F3N5O2. The van der Waals surface area contributed by atoms with Crippen molar-refractivity contribution < 1.29 is 22.8 Å². The maximum atomic E-state index is 14.6. The van der Waals surface area contributed by atoms with Crippen LogP contribution in [0.25, 0.3) is 11.4 Å². The summed E-state index contributed by atoms with van der Waals surface area (Å²) in [4.78, 5) is 32.3. The first-order valence-electron chi connectivity index (χ1n) is 11.0. The van der Waals surface area contributed by atoms with Crippen LogP contribution < -0.4 is 10.6 Å². The maximum absolute atomic E-state index is 14.6. The van der Waals surface area contributed by atoms with Crippen LogP contribution in [0.4, 0.5) is 13.2 Å². The van der Waals surface area contributed by atoms with E-state index in [4.69, 9.17) is 0 Å². The molecule has 2 heterocycles. The molecule has 2 N–H and O–H groups in total. The van der Waals surface area contributed by atoms with Gasteiger partial charge in [-0.1, -0.05) is 27.7 Å². The van der Waals surface area contributed by atoms with Crippen LogP contribution in [0.15, 0.2) is 12.1 Å². The third-order valence-electron chi connectivity index (χ3n) is 5.87. The molecule has 1 aliphatic rings. The number of nitrogens with zero attached hydrogens (tertiary/aromatic N) is 3. The van der Waals surface area contributed by atoms with E-state index < -0.39 is 34.8 Å². The SMILES string of the molecule is CCN1CCCn2c(-c3cc(F)c(F)cc3F)nc(C(=O)NC(C(=O)NC)C(C)(C)C)c2C1. The van der Waals surface area contributed by atoms with Crippen LogP contribution in [0.5, 0.6) is 0 Å². The lowest BCUT2D eigenvalue weighted by Crippen LogP contribution is -2.53. The second-order valence-electron chi connectivity index (χ2n) is 9.24. The van der Waals surface area contributed by atoms with Crippen LogP contribution in [0.1, 0.15) is 50.3 Å². The molecule has 1 aliphatic heterocycles. The third-order valence-corrected chi connectivity index (χ3v) is 5.87. The normalized spacial score (nSPS) is 15.5. The van der Waals surface area contributed by atoms with E-state index in [0.717, 1.165) is 19.2 Å². The number of hydrogen-bond acceptors (Lipinski definition) is 4. The van der Waals surface area contributed by atoms with Gasteiger partial charge in [-0.05, 0) is 24.4 Å². The fourth-order valence-corrected chi connectivity index (χ4v) is 4.00. The highest BCUT2D eigenvalue weighted by atomic mass is 19.2. The molecule has 1 unspecified atom stereocenters. The summed E-state index contributed by atoms with van der Waals surface area (Å²) in [5.41, 5.74) is -0.238. The molecule has 10 heteroatoms. The fraction of sp³-hybridized carbons (Fsp3) is 0.522. The first-order valence-corrected chi connectivity index (χ1v) is 11.0. The van der Waals surface area contributed by atoms with Gasteiger partial charge < -0.3 is 15.2 Å². The van der Waals surface area contributed by atoms with Gasteiger partial charge in [0.15, 0.2) is 17.3 Å². The number of benzene rings is 1. The predicted octanol–water partition coefficient (Wildman–Crippen LogP) is 3.08. The van der Waals surface area contributed by atoms with Crippen molar-refractivity contribution in [3.63, 3.8) is 0 Å². The molecule has 7 nitrogen and oxygen atoms in total. The zero-order valence-electron chi connectivity index (χ0n) is 19.6. The summed E-state index contributed by atoms with van der Waals surface area (Å²) in [6.45, 7) is 9.73. The highest BCUT2D eigenvalue weighted by Crippen LogP contribution is 2.30. The van der Waals surface area contributed by atoms with Gasteiger partial charge in [0, 0.05) is 32.7 Å². The summed E-state index contributed by atoms with van der Waals surface area (Å²) in [6, 6.07) is 0.388. The Balaban J connectivity index is 2.13. The lowest BCUT2D eigenvalue weighted by molar-refractivity contribution is -0.124. The third kappa shape index (κ3) is 5.05. The molecule has 0 spiro atoms. The van der Waals surface area contributed by atoms with E-state index in [1.165, 1.54) is 7.05 Å². The molecule has 0 bridgehead atoms. The average molecular weight is 466 g/mol. The lowest BCUT2D eigenvalue weighted by atomic mass is 9.86. The molecule has 0 saturated carbocycles. The van der Waals surface area contributed by atoms with Gasteiger partial charge in [0.25, 0.3) is 5.91 Å². The summed E-state index contributed by atoms with van der Waals surface area (Å²) < 4.78 is 43.8. The number of nitrogens with one attached hydrogen (secondary N) is 2. The molecule has 33 heavy (non-hydrogen) atoms. The van der Waals surface area contributed by atoms with Crippen molar-refractivity contribution in [1.82, 2.24) is 25.1 Å². The van der Waals surface area contributed by atoms with Gasteiger partial charge in [-0.15, -0.1) is 0 Å². The number of halogens is 3. The maximum Gasteiger partial charge on any atom is 0.272 e. The number of fused-ring (bicyclic) bond motifs is 1. The molecular weight excluding hydrogens is 435 g/mol. The van der Waals surface area contributed by atoms with Crippen molar-refractivity contribution in [3.05, 3.63) is 41.0 Å². The zero-order chi connectivity index (χ0) is 24.5. The first kappa shape index (κ1) is 24.8. The van der Waals surface area contributed by atoms with Crippen LogP contribution in [0.3, 0.4) is 0 Å². The van der Waals surface area contributed by atoms with E-state index in [9.17, 15) is 22.8 Å². The summed E-state index contributed by atoms with van der Waals surface area (Å²) in [5.74, 6) is -4.36. The molecule has 1 aromatic heterocycles. The van der Waals surface area contributed by atoms with Gasteiger partial charge in [0.05, 0.1) is 11.3 Å². The average Bonchev–Trinajstić information content (AvgIpc) is 2.96. The van der Waals surface area contributed by atoms with Gasteiger partial charge in [0.1, 0.15) is 17.7 Å². The number of amides is 2. The molecule has 2 aromatic rings. The Morgan fingerprint density at radius 3 is 2.39 bits per heavy atom. The van der Waals surface area contributed by atoms with Crippen LogP contribution in [-0.2, 0) is 17.9 Å². The van der Waals surface area contributed by atoms with Gasteiger partial charge in [-0.25, -0.2) is 18.2 Å². The number of rotatable bonds is 5. The molecule has 0 aliphatic carbocycles. The summed E-state index contributed by atoms with van der Waals surface area (Å²) in [5, 5.41) is 5.31. The van der Waals surface area contributed by atoms with E-state index in [0.29, 0.717) is 31.3 Å². The number of carbonyl (C=O) groups excluding carboxylic acids is 2. The number of carbonyl (C=O) groups is 2. The van der Waals surface area contributed by atoms with E-state index >= 15 is 0 Å². The second kappa shape index (κ2) is 9.54. The van der Waals surface area contributed by atoms with Gasteiger partial charge in [-0.3, -0.25) is 14.5 Å². The van der Waals surface area contributed by atoms with Gasteiger partial charge in [0.2, 0.25) is 5.91 Å². The Morgan fingerprint density at radius 1 is 1.12 bits per heavy atom. The second-order valence-corrected chi connectivity index (χ2v) is 9.24. The summed E-state index contributed by atoms with van der Waals surface area (Å²) >= 11 is 0. The molecule has 0 fully saturated rings. The first-order chi connectivity index (χ1) is 15.5. The number of aromatic nitrogens is 2. The smallest absolute Gasteiger partial charge is 0.272 e. The minimum absolute atomic E-state index is 0.0348. The number of hydrogen-bond donors (Lipinski definition) is 2. The zero-order valence-corrected chi connectivity index (χ0v) is 19.6. The van der Waals surface area contributed by atoms with Crippen LogP contribution in [-0.4, -0.2) is 52.4 Å². The highest BCUT2D eigenvalue weighted by Gasteiger charge is 2.35. The quantitative estimate of drug-likeness (QED) is 0.666. The molecule has 0 saturated heterocycles. The minimum atomic E-state index is -1.30. The van der Waals surface area contributed by atoms with Crippen molar-refractivity contribution in [2.24, 2.45) is 5.41 Å². The number of imidazole rings is 1. The highest BCUT2D eigenvalue weighted by molar-refractivity contribution is 5.97. The van der Waals surface area contributed by atoms with Crippen molar-refractivity contribution in [3.8, 4) is 11.4 Å². The van der Waals surface area contributed by atoms with E-state index in [1.807, 2.05) is 27.7 Å². The van der Waals surface area contributed by atoms with Crippen LogP contribution in [0.2, 0.25) is 0 Å². The van der Waals surface area contributed by atoms with Gasteiger partial charge in [-0.2, -0.15) is 0 Å². The molecule has 180 valence electrons. The Kier molecular flexibility index (Phi) is 7.16. The molecule has 1 aromatic carbocycles. The summed E-state index contributed by atoms with van der Waals surface area (Å²) in [7, 11) is 1.49. The molecule has 3 rings (SSSR count). The van der Waals surface area contributed by atoms with E-state index in [1.54, 1.807) is 4.57 Å². The number of likely N-dealkylation sites (N-methyl/N-ethyl adjacent to an activating group) is 1. The Labute approximate surface area is 191 Å². The largest absolute Gasteiger partial charge is 0.357 e. The van der Waals surface area contributed by atoms with E-state index in [2.05, 4.69) is 20.5 Å². The lowest BCUT2D eigenvalue weighted by Gasteiger charge is -2.29. The molecule has 1 atom stereocenters. The Hall–Kier alpha value is -2.88. The van der Waals surface area contributed by atoms with Crippen molar-refractivity contribution >= 4 is 11.8 Å². The van der Waals surface area contributed by atoms with Crippen molar-refractivity contribution in [2.45, 2.75) is 53.2 Å². The Bertz CT molecular complexity index is 1060.